The van der Waals surface area contributed by atoms with Crippen molar-refractivity contribution in [3.63, 3.8) is 0 Å². The summed E-state index contributed by atoms with van der Waals surface area (Å²) in [7, 11) is 0. The molecule has 0 bridgehead atoms. The quantitative estimate of drug-likeness (QED) is 0.768. The van der Waals surface area contributed by atoms with Crippen LogP contribution in [0, 0.1) is 11.3 Å². The third-order valence-electron chi connectivity index (χ3n) is 3.97. The van der Waals surface area contributed by atoms with Crippen LogP contribution in [0.15, 0.2) is 12.3 Å². The maximum atomic E-state index is 9.83. The molecule has 0 aliphatic heterocycles. The molecule has 2 atom stereocenters. The smallest absolute Gasteiger partial charge is 0.0613 e. The number of hydrogen-bond acceptors (Lipinski definition) is 3. The molecular formula is C14H25N3O. The molecule has 1 aliphatic rings. The van der Waals surface area contributed by atoms with Crippen LogP contribution in [0.2, 0.25) is 0 Å². The van der Waals surface area contributed by atoms with Crippen LogP contribution in [-0.4, -0.2) is 27.4 Å². The lowest BCUT2D eigenvalue weighted by Gasteiger charge is -2.47. The number of aromatic amines is 1. The number of H-pyrrole nitrogens is 1. The number of nitrogens with one attached hydrogen (secondary N) is 2. The summed E-state index contributed by atoms with van der Waals surface area (Å²) in [5, 5.41) is 20.3. The molecule has 0 saturated heterocycles. The summed E-state index contributed by atoms with van der Waals surface area (Å²) in [6.07, 6.45) is 5.06. The van der Waals surface area contributed by atoms with Gasteiger partial charge in [0.05, 0.1) is 6.61 Å². The van der Waals surface area contributed by atoms with Crippen molar-refractivity contribution in [1.82, 2.24) is 15.5 Å². The van der Waals surface area contributed by atoms with E-state index in [1.165, 1.54) is 6.42 Å². The molecule has 1 aliphatic carbocycles. The van der Waals surface area contributed by atoms with E-state index in [2.05, 4.69) is 36.3 Å². The summed E-state index contributed by atoms with van der Waals surface area (Å²) in [4.78, 5) is 0. The Labute approximate surface area is 109 Å². The Kier molecular flexibility index (Phi) is 3.78. The first-order valence-electron chi connectivity index (χ1n) is 6.79. The van der Waals surface area contributed by atoms with Gasteiger partial charge in [0.25, 0.3) is 0 Å². The summed E-state index contributed by atoms with van der Waals surface area (Å²) in [5.41, 5.74) is 1.21. The molecule has 1 heterocycles. The van der Waals surface area contributed by atoms with E-state index >= 15 is 0 Å². The number of hydrogen-bond donors (Lipinski definition) is 3. The highest BCUT2D eigenvalue weighted by Crippen LogP contribution is 2.43. The van der Waals surface area contributed by atoms with Gasteiger partial charge in [-0.15, -0.1) is 0 Å². The molecule has 3 N–H and O–H groups in total. The molecule has 4 heteroatoms. The highest BCUT2D eigenvalue weighted by atomic mass is 16.3. The van der Waals surface area contributed by atoms with Crippen molar-refractivity contribution >= 4 is 0 Å². The van der Waals surface area contributed by atoms with E-state index < -0.39 is 0 Å². The van der Waals surface area contributed by atoms with Crippen molar-refractivity contribution in [2.24, 2.45) is 11.3 Å². The van der Waals surface area contributed by atoms with Crippen LogP contribution in [0.25, 0.3) is 0 Å². The van der Waals surface area contributed by atoms with Crippen LogP contribution >= 0.6 is 0 Å². The fourth-order valence-corrected chi connectivity index (χ4v) is 3.72. The van der Waals surface area contributed by atoms with Gasteiger partial charge in [-0.05, 0) is 36.7 Å². The van der Waals surface area contributed by atoms with Gasteiger partial charge in [0.1, 0.15) is 0 Å². The second kappa shape index (κ2) is 5.02. The number of rotatable bonds is 4. The van der Waals surface area contributed by atoms with Gasteiger partial charge in [-0.3, -0.25) is 5.10 Å². The van der Waals surface area contributed by atoms with Crippen LogP contribution in [0.5, 0.6) is 0 Å². The normalized spacial score (nSPS) is 31.4. The van der Waals surface area contributed by atoms with E-state index in [9.17, 15) is 5.11 Å². The highest BCUT2D eigenvalue weighted by Gasteiger charge is 2.42. The zero-order valence-electron chi connectivity index (χ0n) is 11.7. The molecular weight excluding hydrogens is 226 g/mol. The number of aliphatic hydroxyl groups is 1. The summed E-state index contributed by atoms with van der Waals surface area (Å²) in [5.74, 6) is 0.648. The number of nitrogens with zero attached hydrogens (tertiary/aromatic N) is 1. The Morgan fingerprint density at radius 2 is 2.28 bits per heavy atom. The fraction of sp³-hybridized carbons (Fsp3) is 0.786. The zero-order chi connectivity index (χ0) is 13.2. The predicted octanol–water partition coefficient (Wildman–Crippen LogP) is 2.08. The van der Waals surface area contributed by atoms with E-state index in [0.717, 1.165) is 25.1 Å². The van der Waals surface area contributed by atoms with Crippen molar-refractivity contribution in [3.8, 4) is 0 Å². The summed E-state index contributed by atoms with van der Waals surface area (Å²) in [6, 6.07) is 1.97. The lowest BCUT2D eigenvalue weighted by molar-refractivity contribution is 0.0350. The summed E-state index contributed by atoms with van der Waals surface area (Å²) in [6.45, 7) is 7.82. The SMILES string of the molecule is CC1CC(C)(C)CC(CO)(NCc2ccn[nH]2)C1. The van der Waals surface area contributed by atoms with Crippen molar-refractivity contribution < 1.29 is 5.11 Å². The largest absolute Gasteiger partial charge is 0.394 e. The maximum Gasteiger partial charge on any atom is 0.0613 e. The van der Waals surface area contributed by atoms with Crippen LogP contribution in [0.3, 0.4) is 0 Å². The van der Waals surface area contributed by atoms with E-state index in [0.29, 0.717) is 11.3 Å². The minimum atomic E-state index is -0.147. The Morgan fingerprint density at radius 3 is 2.83 bits per heavy atom. The average molecular weight is 251 g/mol. The molecule has 0 spiro atoms. The standard InChI is InChI=1S/C14H25N3O/c1-11-6-13(2,3)9-14(7-11,10-18)15-8-12-4-5-16-17-12/h4-5,11,15,18H,6-10H2,1-3H3,(H,16,17). The average Bonchev–Trinajstić information content (AvgIpc) is 2.76. The molecule has 1 fully saturated rings. The van der Waals surface area contributed by atoms with Crippen molar-refractivity contribution in [1.29, 1.82) is 0 Å². The fourth-order valence-electron chi connectivity index (χ4n) is 3.72. The molecule has 1 saturated carbocycles. The maximum absolute atomic E-state index is 9.83. The van der Waals surface area contributed by atoms with E-state index in [1.807, 2.05) is 6.07 Å². The van der Waals surface area contributed by atoms with Gasteiger partial charge in [-0.2, -0.15) is 5.10 Å². The summed E-state index contributed by atoms with van der Waals surface area (Å²) >= 11 is 0. The minimum Gasteiger partial charge on any atom is -0.394 e. The third-order valence-corrected chi connectivity index (χ3v) is 3.97. The highest BCUT2D eigenvalue weighted by molar-refractivity contribution is 5.02. The molecule has 2 rings (SSSR count). The monoisotopic (exact) mass is 251 g/mol. The molecule has 4 nitrogen and oxygen atoms in total. The molecule has 1 aromatic rings. The van der Waals surface area contributed by atoms with Crippen LogP contribution in [-0.2, 0) is 6.54 Å². The predicted molar refractivity (Wildman–Crippen MR) is 72.0 cm³/mol. The second-order valence-electron chi connectivity index (χ2n) is 6.73. The second-order valence-corrected chi connectivity index (χ2v) is 6.73. The van der Waals surface area contributed by atoms with Gasteiger partial charge in [0, 0.05) is 24.0 Å². The van der Waals surface area contributed by atoms with Crippen molar-refractivity contribution in [2.45, 2.75) is 52.1 Å². The molecule has 0 aromatic carbocycles. The van der Waals surface area contributed by atoms with Crippen molar-refractivity contribution in [3.05, 3.63) is 18.0 Å². The van der Waals surface area contributed by atoms with E-state index in [1.54, 1.807) is 6.20 Å². The van der Waals surface area contributed by atoms with Crippen LogP contribution in [0.4, 0.5) is 0 Å². The van der Waals surface area contributed by atoms with Gasteiger partial charge in [0.15, 0.2) is 0 Å². The molecule has 1 aromatic heterocycles. The Morgan fingerprint density at radius 1 is 1.50 bits per heavy atom. The topological polar surface area (TPSA) is 60.9 Å². The third kappa shape index (κ3) is 3.12. The van der Waals surface area contributed by atoms with Gasteiger partial charge < -0.3 is 10.4 Å². The van der Waals surface area contributed by atoms with Crippen molar-refractivity contribution in [2.75, 3.05) is 6.61 Å². The molecule has 0 radical (unpaired) electrons. The van der Waals surface area contributed by atoms with E-state index in [4.69, 9.17) is 0 Å². The Bertz CT molecular complexity index is 374. The van der Waals surface area contributed by atoms with Gasteiger partial charge in [0.2, 0.25) is 0 Å². The van der Waals surface area contributed by atoms with Crippen LogP contribution in [0.1, 0.15) is 45.7 Å². The Hall–Kier alpha value is -0.870. The summed E-state index contributed by atoms with van der Waals surface area (Å²) < 4.78 is 0. The zero-order valence-corrected chi connectivity index (χ0v) is 11.7. The van der Waals surface area contributed by atoms with Gasteiger partial charge in [-0.25, -0.2) is 0 Å². The number of aromatic nitrogens is 2. The lowest BCUT2D eigenvalue weighted by Crippen LogP contribution is -2.54. The first-order chi connectivity index (χ1) is 8.45. The van der Waals surface area contributed by atoms with Crippen LogP contribution < -0.4 is 5.32 Å². The molecule has 102 valence electrons. The first kappa shape index (κ1) is 13.6. The lowest BCUT2D eigenvalue weighted by atomic mass is 9.64. The van der Waals surface area contributed by atoms with E-state index in [-0.39, 0.29) is 12.1 Å². The molecule has 2 unspecified atom stereocenters. The molecule has 18 heavy (non-hydrogen) atoms. The Balaban J connectivity index is 2.05. The number of aliphatic hydroxyl groups excluding tert-OH is 1. The van der Waals surface area contributed by atoms with Gasteiger partial charge in [-0.1, -0.05) is 20.8 Å². The van der Waals surface area contributed by atoms with Gasteiger partial charge >= 0.3 is 0 Å². The minimum absolute atomic E-state index is 0.147. The molecule has 0 amide bonds. The first-order valence-corrected chi connectivity index (χ1v) is 6.79.